The molecule has 0 fully saturated rings. The molecule has 2 rings (SSSR count). The number of hydrogen-bond donors (Lipinski definition) is 2. The van der Waals surface area contributed by atoms with E-state index in [2.05, 4.69) is 6.92 Å². The standard InChI is InChI=1S/C16H18O2/c1-3-11-5-6-13(10-16(11)18)15-8-7-14(17)9-12(15)4-2/h5-10,17-18H,3-4H2,1-2H3. The van der Waals surface area contributed by atoms with Gasteiger partial charge < -0.3 is 10.2 Å². The van der Waals surface area contributed by atoms with Crippen LogP contribution in [0.2, 0.25) is 0 Å². The van der Waals surface area contributed by atoms with E-state index in [4.69, 9.17) is 0 Å². The lowest BCUT2D eigenvalue weighted by atomic mass is 9.96. The van der Waals surface area contributed by atoms with Crippen molar-refractivity contribution >= 4 is 0 Å². The number of phenolic OH excluding ortho intramolecular Hbond substituents is 2. The van der Waals surface area contributed by atoms with E-state index in [-0.39, 0.29) is 5.75 Å². The van der Waals surface area contributed by atoms with Gasteiger partial charge in [0.2, 0.25) is 0 Å². The number of phenols is 2. The van der Waals surface area contributed by atoms with Crippen LogP contribution in [0.4, 0.5) is 0 Å². The minimum absolute atomic E-state index is 0.282. The molecule has 2 heteroatoms. The number of benzene rings is 2. The summed E-state index contributed by atoms with van der Waals surface area (Å²) >= 11 is 0. The van der Waals surface area contributed by atoms with E-state index in [1.54, 1.807) is 18.2 Å². The van der Waals surface area contributed by atoms with Crippen LogP contribution in [0, 0.1) is 0 Å². The van der Waals surface area contributed by atoms with Crippen LogP contribution in [0.1, 0.15) is 25.0 Å². The van der Waals surface area contributed by atoms with Crippen molar-refractivity contribution in [2.45, 2.75) is 26.7 Å². The van der Waals surface area contributed by atoms with E-state index >= 15 is 0 Å². The quantitative estimate of drug-likeness (QED) is 0.857. The molecule has 0 heterocycles. The summed E-state index contributed by atoms with van der Waals surface area (Å²) < 4.78 is 0. The molecule has 18 heavy (non-hydrogen) atoms. The van der Waals surface area contributed by atoms with E-state index in [1.807, 2.05) is 25.1 Å². The molecule has 0 radical (unpaired) electrons. The van der Waals surface area contributed by atoms with Crippen LogP contribution >= 0.6 is 0 Å². The van der Waals surface area contributed by atoms with Gasteiger partial charge in [-0.3, -0.25) is 0 Å². The van der Waals surface area contributed by atoms with Crippen molar-refractivity contribution in [1.82, 2.24) is 0 Å². The van der Waals surface area contributed by atoms with E-state index in [0.29, 0.717) is 5.75 Å². The van der Waals surface area contributed by atoms with Crippen molar-refractivity contribution in [3.63, 3.8) is 0 Å². The van der Waals surface area contributed by atoms with Crippen LogP contribution in [0.5, 0.6) is 11.5 Å². The molecule has 0 aliphatic carbocycles. The van der Waals surface area contributed by atoms with Gasteiger partial charge in [-0.25, -0.2) is 0 Å². The fraction of sp³-hybridized carbons (Fsp3) is 0.250. The van der Waals surface area contributed by atoms with E-state index in [9.17, 15) is 10.2 Å². The lowest BCUT2D eigenvalue weighted by molar-refractivity contribution is 0.469. The molecule has 0 spiro atoms. The summed E-state index contributed by atoms with van der Waals surface area (Å²) in [6, 6.07) is 11.1. The number of rotatable bonds is 3. The Hall–Kier alpha value is -1.96. The Balaban J connectivity index is 2.51. The highest BCUT2D eigenvalue weighted by molar-refractivity contribution is 5.70. The highest BCUT2D eigenvalue weighted by Crippen LogP contribution is 2.31. The van der Waals surface area contributed by atoms with Crippen LogP contribution in [0.15, 0.2) is 36.4 Å². The molecule has 2 N–H and O–H groups in total. The van der Waals surface area contributed by atoms with Gasteiger partial charge in [0.05, 0.1) is 0 Å². The fourth-order valence-corrected chi connectivity index (χ4v) is 2.18. The average molecular weight is 242 g/mol. The summed E-state index contributed by atoms with van der Waals surface area (Å²) in [5.74, 6) is 0.620. The molecule has 94 valence electrons. The van der Waals surface area contributed by atoms with Crippen molar-refractivity contribution < 1.29 is 10.2 Å². The van der Waals surface area contributed by atoms with Crippen molar-refractivity contribution in [3.05, 3.63) is 47.5 Å². The molecule has 2 aromatic rings. The van der Waals surface area contributed by atoms with Crippen LogP contribution in [0.25, 0.3) is 11.1 Å². The van der Waals surface area contributed by atoms with Gasteiger partial charge in [0.1, 0.15) is 11.5 Å². The number of aryl methyl sites for hydroxylation is 2. The first-order valence-corrected chi connectivity index (χ1v) is 6.29. The Morgan fingerprint density at radius 1 is 0.833 bits per heavy atom. The summed E-state index contributed by atoms with van der Waals surface area (Å²) in [5, 5.41) is 19.4. The number of aromatic hydroxyl groups is 2. The molecule has 0 unspecified atom stereocenters. The van der Waals surface area contributed by atoms with Gasteiger partial charge in [0.15, 0.2) is 0 Å². The Kier molecular flexibility index (Phi) is 3.56. The monoisotopic (exact) mass is 242 g/mol. The predicted octanol–water partition coefficient (Wildman–Crippen LogP) is 3.89. The molecule has 0 bridgehead atoms. The first-order valence-electron chi connectivity index (χ1n) is 6.29. The van der Waals surface area contributed by atoms with Gasteiger partial charge in [0.25, 0.3) is 0 Å². The Labute approximate surface area is 108 Å². The molecule has 0 aliphatic rings. The second-order valence-electron chi connectivity index (χ2n) is 4.39. The van der Waals surface area contributed by atoms with Gasteiger partial charge >= 0.3 is 0 Å². The minimum Gasteiger partial charge on any atom is -0.508 e. The third kappa shape index (κ3) is 2.33. The maximum absolute atomic E-state index is 9.92. The molecule has 2 aromatic carbocycles. The summed E-state index contributed by atoms with van der Waals surface area (Å²) in [6.07, 6.45) is 1.67. The summed E-state index contributed by atoms with van der Waals surface area (Å²) in [4.78, 5) is 0. The molecule has 0 atom stereocenters. The lowest BCUT2D eigenvalue weighted by Gasteiger charge is -2.10. The van der Waals surface area contributed by atoms with Gasteiger partial charge in [0, 0.05) is 0 Å². The maximum Gasteiger partial charge on any atom is 0.119 e. The number of hydrogen-bond acceptors (Lipinski definition) is 2. The summed E-state index contributed by atoms with van der Waals surface area (Å²) in [5.41, 5.74) is 4.09. The zero-order valence-corrected chi connectivity index (χ0v) is 10.8. The van der Waals surface area contributed by atoms with Crippen molar-refractivity contribution in [2.24, 2.45) is 0 Å². The fourth-order valence-electron chi connectivity index (χ4n) is 2.18. The SMILES string of the molecule is CCc1ccc(-c2ccc(O)cc2CC)cc1O. The van der Waals surface area contributed by atoms with Gasteiger partial charge in [-0.2, -0.15) is 0 Å². The maximum atomic E-state index is 9.92. The highest BCUT2D eigenvalue weighted by atomic mass is 16.3. The minimum atomic E-state index is 0.282. The first kappa shape index (κ1) is 12.5. The van der Waals surface area contributed by atoms with Gasteiger partial charge in [-0.05, 0) is 53.3 Å². The summed E-state index contributed by atoms with van der Waals surface area (Å²) in [6.45, 7) is 4.07. The van der Waals surface area contributed by atoms with Crippen molar-refractivity contribution in [2.75, 3.05) is 0 Å². The predicted molar refractivity (Wildman–Crippen MR) is 74.0 cm³/mol. The van der Waals surface area contributed by atoms with Gasteiger partial charge in [-0.1, -0.05) is 32.0 Å². The zero-order chi connectivity index (χ0) is 13.1. The second-order valence-corrected chi connectivity index (χ2v) is 4.39. The first-order chi connectivity index (χ1) is 8.65. The van der Waals surface area contributed by atoms with Crippen molar-refractivity contribution in [1.29, 1.82) is 0 Å². The Morgan fingerprint density at radius 2 is 1.56 bits per heavy atom. The van der Waals surface area contributed by atoms with Crippen LogP contribution in [-0.2, 0) is 12.8 Å². The highest BCUT2D eigenvalue weighted by Gasteiger charge is 2.07. The summed E-state index contributed by atoms with van der Waals surface area (Å²) in [7, 11) is 0. The zero-order valence-electron chi connectivity index (χ0n) is 10.8. The van der Waals surface area contributed by atoms with Gasteiger partial charge in [-0.15, -0.1) is 0 Å². The van der Waals surface area contributed by atoms with Crippen LogP contribution in [-0.4, -0.2) is 10.2 Å². The molecular formula is C16H18O2. The van der Waals surface area contributed by atoms with Crippen LogP contribution < -0.4 is 0 Å². The normalized spacial score (nSPS) is 10.6. The Morgan fingerprint density at radius 3 is 2.17 bits per heavy atom. The van der Waals surface area contributed by atoms with E-state index in [1.165, 1.54) is 0 Å². The average Bonchev–Trinajstić information content (AvgIpc) is 2.38. The molecule has 0 aliphatic heterocycles. The third-order valence-corrected chi connectivity index (χ3v) is 3.25. The molecule has 0 aromatic heterocycles. The van der Waals surface area contributed by atoms with Crippen LogP contribution in [0.3, 0.4) is 0 Å². The molecule has 0 saturated heterocycles. The Bertz CT molecular complexity index is 559. The second kappa shape index (κ2) is 5.13. The molecule has 0 amide bonds. The third-order valence-electron chi connectivity index (χ3n) is 3.25. The lowest BCUT2D eigenvalue weighted by Crippen LogP contribution is -1.89. The smallest absolute Gasteiger partial charge is 0.119 e. The van der Waals surface area contributed by atoms with E-state index in [0.717, 1.165) is 35.1 Å². The topological polar surface area (TPSA) is 40.5 Å². The molecular weight excluding hydrogens is 224 g/mol. The molecule has 0 saturated carbocycles. The molecule has 2 nitrogen and oxygen atoms in total. The van der Waals surface area contributed by atoms with E-state index < -0.39 is 0 Å². The largest absolute Gasteiger partial charge is 0.508 e. The van der Waals surface area contributed by atoms with Crippen molar-refractivity contribution in [3.8, 4) is 22.6 Å².